The lowest BCUT2D eigenvalue weighted by atomic mass is 10.1. The molecule has 292 valence electrons. The summed E-state index contributed by atoms with van der Waals surface area (Å²) in [5, 5.41) is 31.5. The first-order chi connectivity index (χ1) is 26.8. The number of benzene rings is 2. The summed E-state index contributed by atoms with van der Waals surface area (Å²) < 4.78 is 79.9. The molecule has 0 bridgehead atoms. The van der Waals surface area contributed by atoms with Crippen LogP contribution in [0, 0.1) is 11.3 Å². The molecule has 2 saturated heterocycles. The van der Waals surface area contributed by atoms with E-state index in [1.54, 1.807) is 18.2 Å². The molecule has 0 spiro atoms. The smallest absolute Gasteiger partial charge is 0.354 e. The maximum atomic E-state index is 13.1. The van der Waals surface area contributed by atoms with Gasteiger partial charge in [-0.15, -0.1) is 30.6 Å². The van der Waals surface area contributed by atoms with Crippen LogP contribution in [0.5, 0.6) is 0 Å². The van der Waals surface area contributed by atoms with Gasteiger partial charge >= 0.3 is 12.4 Å². The minimum Gasteiger partial charge on any atom is -0.354 e. The number of rotatable bonds is 6. The first-order valence-electron chi connectivity index (χ1n) is 17.6. The van der Waals surface area contributed by atoms with Crippen molar-refractivity contribution in [3.8, 4) is 6.07 Å². The molecule has 6 heterocycles. The van der Waals surface area contributed by atoms with Crippen LogP contribution in [0.1, 0.15) is 34.8 Å². The lowest BCUT2D eigenvalue weighted by molar-refractivity contribution is -0.147. The van der Waals surface area contributed by atoms with Crippen LogP contribution in [-0.2, 0) is 25.4 Å². The van der Waals surface area contributed by atoms with Gasteiger partial charge in [-0.05, 0) is 66.1 Å². The van der Waals surface area contributed by atoms with Crippen LogP contribution in [0.3, 0.4) is 0 Å². The van der Waals surface area contributed by atoms with E-state index >= 15 is 0 Å². The second-order valence-corrected chi connectivity index (χ2v) is 13.7. The molecule has 56 heavy (non-hydrogen) atoms. The summed E-state index contributed by atoms with van der Waals surface area (Å²) >= 11 is 5.91. The SMILES string of the molecule is FC(F)(F)c1nnc2ccc(N3CCN(Cc4ccc(Cl)cc4)CC3)nn12.N#Cc1cccc(CN2CCCN(c3ccc4nnc(C(F)(F)F)n4n3)CC2)c1. The van der Waals surface area contributed by atoms with E-state index < -0.39 is 24.0 Å². The first-order valence-corrected chi connectivity index (χ1v) is 18.0. The molecule has 0 amide bonds. The number of nitrogens with zero attached hydrogens (tertiary/aromatic N) is 13. The quantitative estimate of drug-likeness (QED) is 0.189. The molecule has 0 unspecified atom stereocenters. The molecule has 2 fully saturated rings. The van der Waals surface area contributed by atoms with Crippen molar-refractivity contribution in [1.82, 2.24) is 49.4 Å². The Bertz CT molecular complexity index is 2310. The molecule has 2 aliphatic heterocycles. The van der Waals surface area contributed by atoms with Gasteiger partial charge in [-0.1, -0.05) is 35.9 Å². The van der Waals surface area contributed by atoms with E-state index in [1.807, 2.05) is 52.3 Å². The highest BCUT2D eigenvalue weighted by Crippen LogP contribution is 2.29. The average molecular weight is 798 g/mol. The minimum absolute atomic E-state index is 0.0647. The third-order valence-electron chi connectivity index (χ3n) is 9.40. The van der Waals surface area contributed by atoms with Crippen molar-refractivity contribution < 1.29 is 26.3 Å². The molecular formula is C36H34ClF6N13. The number of hydrogen-bond acceptors (Lipinski definition) is 11. The Morgan fingerprint density at radius 1 is 0.589 bits per heavy atom. The minimum atomic E-state index is -4.61. The fourth-order valence-electron chi connectivity index (χ4n) is 6.59. The standard InChI is InChI=1S/C19H18F3N7.C17H16ClF3N6/c20-19(21,22)18-25-24-16-5-6-17(26-29(16)18)28-8-2-7-27(9-10-28)13-15-4-1-3-14(11-15)12-23;18-13-3-1-12(2-4-13)11-25-7-9-26(10-8-25)15-6-5-14-22-23-16(17(19,20)21)27(14)24-15/h1,3-6,11H,2,7-10,13H2;1-6H,7-11H2. The van der Waals surface area contributed by atoms with Crippen LogP contribution >= 0.6 is 11.6 Å². The zero-order chi connectivity index (χ0) is 39.5. The molecule has 0 radical (unpaired) electrons. The van der Waals surface area contributed by atoms with Gasteiger partial charge in [0.05, 0.1) is 11.6 Å². The summed E-state index contributed by atoms with van der Waals surface area (Å²) in [4.78, 5) is 8.51. The predicted molar refractivity (Wildman–Crippen MR) is 194 cm³/mol. The number of fused-ring (bicyclic) bond motifs is 2. The van der Waals surface area contributed by atoms with Gasteiger partial charge in [-0.25, -0.2) is 0 Å². The molecule has 2 aromatic carbocycles. The van der Waals surface area contributed by atoms with Gasteiger partial charge in [-0.3, -0.25) is 9.80 Å². The zero-order valence-electron chi connectivity index (χ0n) is 29.7. The van der Waals surface area contributed by atoms with Crippen LogP contribution in [-0.4, -0.2) is 102 Å². The Morgan fingerprint density at radius 2 is 1.11 bits per heavy atom. The predicted octanol–water partition coefficient (Wildman–Crippen LogP) is 5.85. The van der Waals surface area contributed by atoms with Gasteiger partial charge in [0.2, 0.25) is 0 Å². The first kappa shape index (κ1) is 38.7. The number of alkyl halides is 6. The number of hydrogen-bond donors (Lipinski definition) is 0. The topological polar surface area (TPSA) is 123 Å². The van der Waals surface area contributed by atoms with Crippen molar-refractivity contribution in [3.63, 3.8) is 0 Å². The Labute approximate surface area is 321 Å². The van der Waals surface area contributed by atoms with Crippen molar-refractivity contribution in [2.24, 2.45) is 0 Å². The number of nitriles is 1. The van der Waals surface area contributed by atoms with E-state index in [0.29, 0.717) is 48.4 Å². The van der Waals surface area contributed by atoms with Crippen LogP contribution in [0.25, 0.3) is 11.3 Å². The van der Waals surface area contributed by atoms with Gasteiger partial charge < -0.3 is 9.80 Å². The second kappa shape index (κ2) is 16.3. The third kappa shape index (κ3) is 9.09. The lowest BCUT2D eigenvalue weighted by Crippen LogP contribution is -2.46. The largest absolute Gasteiger partial charge is 0.453 e. The highest BCUT2D eigenvalue weighted by Gasteiger charge is 2.39. The summed E-state index contributed by atoms with van der Waals surface area (Å²) in [7, 11) is 0. The van der Waals surface area contributed by atoms with Crippen molar-refractivity contribution in [1.29, 1.82) is 5.26 Å². The highest BCUT2D eigenvalue weighted by atomic mass is 35.5. The van der Waals surface area contributed by atoms with E-state index in [9.17, 15) is 26.3 Å². The number of anilines is 2. The van der Waals surface area contributed by atoms with Gasteiger partial charge in [0, 0.05) is 70.5 Å². The molecule has 8 rings (SSSR count). The Balaban J connectivity index is 0.000000172. The summed E-state index contributed by atoms with van der Waals surface area (Å²) in [6.07, 6.45) is -8.35. The average Bonchev–Trinajstić information content (AvgIpc) is 3.75. The molecule has 0 saturated carbocycles. The van der Waals surface area contributed by atoms with E-state index in [2.05, 4.69) is 46.5 Å². The summed E-state index contributed by atoms with van der Waals surface area (Å²) in [5.74, 6) is -1.28. The van der Waals surface area contributed by atoms with Crippen LogP contribution in [0.4, 0.5) is 38.0 Å². The fourth-order valence-corrected chi connectivity index (χ4v) is 6.71. The van der Waals surface area contributed by atoms with Crippen LogP contribution < -0.4 is 9.80 Å². The Hall–Kier alpha value is -5.58. The highest BCUT2D eigenvalue weighted by molar-refractivity contribution is 6.30. The monoisotopic (exact) mass is 797 g/mol. The summed E-state index contributed by atoms with van der Waals surface area (Å²) in [5.41, 5.74) is 3.01. The molecule has 13 nitrogen and oxygen atoms in total. The van der Waals surface area contributed by atoms with Gasteiger partial charge in [-0.2, -0.15) is 40.6 Å². The number of piperazine rings is 1. The molecule has 20 heteroatoms. The second-order valence-electron chi connectivity index (χ2n) is 13.3. The number of aromatic nitrogens is 8. The van der Waals surface area contributed by atoms with Crippen molar-refractivity contribution in [2.45, 2.75) is 31.9 Å². The van der Waals surface area contributed by atoms with E-state index in [4.69, 9.17) is 16.9 Å². The third-order valence-corrected chi connectivity index (χ3v) is 9.65. The molecule has 0 N–H and O–H groups in total. The zero-order valence-corrected chi connectivity index (χ0v) is 30.4. The number of halogens is 7. The van der Waals surface area contributed by atoms with E-state index in [1.165, 1.54) is 17.7 Å². The van der Waals surface area contributed by atoms with Crippen LogP contribution in [0.2, 0.25) is 5.02 Å². The summed E-state index contributed by atoms with van der Waals surface area (Å²) in [6.45, 7) is 7.39. The van der Waals surface area contributed by atoms with Gasteiger partial charge in [0.1, 0.15) is 11.6 Å². The molecule has 0 atom stereocenters. The Morgan fingerprint density at radius 3 is 1.64 bits per heavy atom. The van der Waals surface area contributed by atoms with Crippen LogP contribution in [0.15, 0.2) is 72.8 Å². The van der Waals surface area contributed by atoms with E-state index in [-0.39, 0.29) is 11.3 Å². The van der Waals surface area contributed by atoms with Crippen molar-refractivity contribution >= 4 is 34.5 Å². The molecule has 4 aromatic heterocycles. The van der Waals surface area contributed by atoms with Gasteiger partial charge in [0.15, 0.2) is 11.3 Å². The van der Waals surface area contributed by atoms with Gasteiger partial charge in [0.25, 0.3) is 11.6 Å². The maximum absolute atomic E-state index is 13.1. The summed E-state index contributed by atoms with van der Waals surface area (Å²) in [6, 6.07) is 23.7. The molecule has 6 aromatic rings. The normalized spacial score (nSPS) is 16.1. The van der Waals surface area contributed by atoms with Crippen molar-refractivity contribution in [3.05, 3.63) is 106 Å². The lowest BCUT2D eigenvalue weighted by Gasteiger charge is -2.35. The molecule has 0 aliphatic carbocycles. The Kier molecular flexibility index (Phi) is 11.2. The molecular weight excluding hydrogens is 764 g/mol. The maximum Gasteiger partial charge on any atom is 0.453 e. The van der Waals surface area contributed by atoms with Crippen molar-refractivity contribution in [2.75, 3.05) is 62.2 Å². The van der Waals surface area contributed by atoms with E-state index in [0.717, 1.165) is 60.3 Å². The fraction of sp³-hybridized carbons (Fsp3) is 0.361. The molecule has 2 aliphatic rings.